The average molecular weight is 329 g/mol. The number of nitrogens with one attached hydrogen (secondary N) is 2. The van der Waals surface area contributed by atoms with Crippen LogP contribution in [0.25, 0.3) is 0 Å². The summed E-state index contributed by atoms with van der Waals surface area (Å²) in [4.78, 5) is 24.7. The Bertz CT molecular complexity index is 699. The molecule has 0 aliphatic rings. The van der Waals surface area contributed by atoms with Gasteiger partial charge in [0.1, 0.15) is 0 Å². The molecule has 5 nitrogen and oxygen atoms in total. The fourth-order valence-corrected chi connectivity index (χ4v) is 2.72. The molecule has 0 saturated carbocycles. The predicted molar refractivity (Wildman–Crippen MR) is 93.6 cm³/mol. The van der Waals surface area contributed by atoms with Crippen molar-refractivity contribution in [2.75, 3.05) is 10.6 Å². The Labute approximate surface area is 139 Å². The zero-order chi connectivity index (χ0) is 16.8. The van der Waals surface area contributed by atoms with Crippen LogP contribution in [0.2, 0.25) is 0 Å². The molecule has 0 aliphatic carbocycles. The predicted octanol–water partition coefficient (Wildman–Crippen LogP) is 3.08. The van der Waals surface area contributed by atoms with Crippen molar-refractivity contribution >= 4 is 35.0 Å². The van der Waals surface area contributed by atoms with E-state index in [1.165, 1.54) is 6.92 Å². The third kappa shape index (κ3) is 5.43. The highest BCUT2D eigenvalue weighted by Crippen LogP contribution is 2.30. The second-order valence-electron chi connectivity index (χ2n) is 5.11. The molecule has 0 aliphatic heterocycles. The molecule has 6 heteroatoms. The summed E-state index contributed by atoms with van der Waals surface area (Å²) in [7, 11) is 0. The van der Waals surface area contributed by atoms with E-state index in [4.69, 9.17) is 5.73 Å². The Morgan fingerprint density at radius 2 is 1.70 bits per heavy atom. The van der Waals surface area contributed by atoms with Crippen LogP contribution in [0.15, 0.2) is 58.3 Å². The minimum atomic E-state index is -0.548. The van der Waals surface area contributed by atoms with Gasteiger partial charge in [0.05, 0.1) is 6.04 Å². The van der Waals surface area contributed by atoms with Gasteiger partial charge in [0.2, 0.25) is 11.8 Å². The van der Waals surface area contributed by atoms with Gasteiger partial charge in [0, 0.05) is 28.1 Å². The molecular formula is C17H19N3O2S. The van der Waals surface area contributed by atoms with E-state index in [2.05, 4.69) is 10.6 Å². The largest absolute Gasteiger partial charge is 0.326 e. The third-order valence-electron chi connectivity index (χ3n) is 2.93. The minimum absolute atomic E-state index is 0.0945. The number of carbonyl (C=O) groups excluding carboxylic acids is 2. The normalized spacial score (nSPS) is 11.6. The summed E-state index contributed by atoms with van der Waals surface area (Å²) in [5.74, 6) is -0.310. The smallest absolute Gasteiger partial charge is 0.240 e. The molecule has 0 heterocycles. The first kappa shape index (κ1) is 17.1. The van der Waals surface area contributed by atoms with Crippen molar-refractivity contribution in [1.82, 2.24) is 0 Å². The molecular weight excluding hydrogens is 310 g/mol. The van der Waals surface area contributed by atoms with Crippen LogP contribution < -0.4 is 16.4 Å². The summed E-state index contributed by atoms with van der Waals surface area (Å²) in [6.45, 7) is 3.12. The summed E-state index contributed by atoms with van der Waals surface area (Å²) in [6, 6.07) is 14.6. The van der Waals surface area contributed by atoms with Crippen LogP contribution in [-0.4, -0.2) is 17.9 Å². The number of anilines is 2. The van der Waals surface area contributed by atoms with Gasteiger partial charge in [-0.15, -0.1) is 0 Å². The number of hydrogen-bond acceptors (Lipinski definition) is 4. The maximum atomic E-state index is 11.6. The molecule has 1 atom stereocenters. The number of hydrogen-bond donors (Lipinski definition) is 3. The molecule has 4 N–H and O–H groups in total. The third-order valence-corrected chi connectivity index (χ3v) is 3.92. The first-order valence-corrected chi connectivity index (χ1v) is 7.98. The SMILES string of the molecule is CC(=O)Nc1ccc(Sc2cccc(NC(=O)C(C)N)c2)cc1. The van der Waals surface area contributed by atoms with Crippen LogP contribution in [0.4, 0.5) is 11.4 Å². The van der Waals surface area contributed by atoms with E-state index in [-0.39, 0.29) is 11.8 Å². The highest BCUT2D eigenvalue weighted by Gasteiger charge is 2.08. The Morgan fingerprint density at radius 1 is 1.00 bits per heavy atom. The molecule has 0 radical (unpaired) electrons. The standard InChI is InChI=1S/C17H19N3O2S/c1-11(18)17(22)20-14-4-3-5-16(10-14)23-15-8-6-13(7-9-15)19-12(2)21/h3-11H,18H2,1-2H3,(H,19,21)(H,20,22). The lowest BCUT2D eigenvalue weighted by Crippen LogP contribution is -2.32. The molecule has 0 saturated heterocycles. The van der Waals surface area contributed by atoms with Gasteiger partial charge in [-0.3, -0.25) is 9.59 Å². The van der Waals surface area contributed by atoms with Crippen molar-refractivity contribution in [1.29, 1.82) is 0 Å². The van der Waals surface area contributed by atoms with Crippen LogP contribution in [-0.2, 0) is 9.59 Å². The first-order chi connectivity index (χ1) is 10.9. The molecule has 2 aromatic carbocycles. The number of benzene rings is 2. The van der Waals surface area contributed by atoms with Gasteiger partial charge in [0.25, 0.3) is 0 Å². The van der Waals surface area contributed by atoms with Crippen LogP contribution in [0.1, 0.15) is 13.8 Å². The van der Waals surface area contributed by atoms with E-state index in [9.17, 15) is 9.59 Å². The lowest BCUT2D eigenvalue weighted by Gasteiger charge is -2.09. The summed E-state index contributed by atoms with van der Waals surface area (Å²) >= 11 is 1.57. The van der Waals surface area contributed by atoms with Gasteiger partial charge < -0.3 is 16.4 Å². The maximum absolute atomic E-state index is 11.6. The summed E-state index contributed by atoms with van der Waals surface area (Å²) in [6.07, 6.45) is 0. The quantitative estimate of drug-likeness (QED) is 0.787. The molecule has 0 fully saturated rings. The second kappa shape index (κ2) is 7.80. The van der Waals surface area contributed by atoms with Gasteiger partial charge in [-0.1, -0.05) is 17.8 Å². The van der Waals surface area contributed by atoms with E-state index >= 15 is 0 Å². The molecule has 120 valence electrons. The molecule has 0 aromatic heterocycles. The van der Waals surface area contributed by atoms with Crippen molar-refractivity contribution in [3.05, 3.63) is 48.5 Å². The lowest BCUT2D eigenvalue weighted by atomic mass is 10.3. The topological polar surface area (TPSA) is 84.2 Å². The number of nitrogens with two attached hydrogens (primary N) is 1. The summed E-state index contributed by atoms with van der Waals surface area (Å²) in [5, 5.41) is 5.50. The van der Waals surface area contributed by atoms with E-state index in [1.54, 1.807) is 18.7 Å². The van der Waals surface area contributed by atoms with Crippen LogP contribution in [0.3, 0.4) is 0 Å². The van der Waals surface area contributed by atoms with E-state index in [1.807, 2.05) is 48.5 Å². The Morgan fingerprint density at radius 3 is 2.30 bits per heavy atom. The monoisotopic (exact) mass is 329 g/mol. The van der Waals surface area contributed by atoms with Gasteiger partial charge in [0.15, 0.2) is 0 Å². The van der Waals surface area contributed by atoms with Crippen molar-refractivity contribution < 1.29 is 9.59 Å². The van der Waals surface area contributed by atoms with Crippen molar-refractivity contribution in [3.63, 3.8) is 0 Å². The van der Waals surface area contributed by atoms with Crippen molar-refractivity contribution in [2.45, 2.75) is 29.7 Å². The number of amides is 2. The molecule has 2 rings (SSSR count). The molecule has 0 spiro atoms. The molecule has 1 unspecified atom stereocenters. The molecule has 2 amide bonds. The lowest BCUT2D eigenvalue weighted by molar-refractivity contribution is -0.117. The second-order valence-corrected chi connectivity index (χ2v) is 6.26. The molecule has 23 heavy (non-hydrogen) atoms. The van der Waals surface area contributed by atoms with E-state index < -0.39 is 6.04 Å². The van der Waals surface area contributed by atoms with Gasteiger partial charge in [-0.05, 0) is 49.4 Å². The fraction of sp³-hybridized carbons (Fsp3) is 0.176. The van der Waals surface area contributed by atoms with Crippen LogP contribution in [0, 0.1) is 0 Å². The highest BCUT2D eigenvalue weighted by atomic mass is 32.2. The molecule has 2 aromatic rings. The number of carbonyl (C=O) groups is 2. The van der Waals surface area contributed by atoms with Crippen LogP contribution >= 0.6 is 11.8 Å². The fourth-order valence-electron chi connectivity index (χ4n) is 1.84. The number of rotatable bonds is 5. The summed E-state index contributed by atoms with van der Waals surface area (Å²) < 4.78 is 0. The Kier molecular flexibility index (Phi) is 5.78. The van der Waals surface area contributed by atoms with Gasteiger partial charge in [-0.25, -0.2) is 0 Å². The van der Waals surface area contributed by atoms with E-state index in [0.717, 1.165) is 15.5 Å². The van der Waals surface area contributed by atoms with E-state index in [0.29, 0.717) is 5.69 Å². The Hall–Kier alpha value is -2.31. The summed E-state index contributed by atoms with van der Waals surface area (Å²) in [5.41, 5.74) is 7.03. The van der Waals surface area contributed by atoms with Crippen molar-refractivity contribution in [2.24, 2.45) is 5.73 Å². The van der Waals surface area contributed by atoms with Crippen molar-refractivity contribution in [3.8, 4) is 0 Å². The minimum Gasteiger partial charge on any atom is -0.326 e. The maximum Gasteiger partial charge on any atom is 0.240 e. The average Bonchev–Trinajstić information content (AvgIpc) is 2.49. The first-order valence-electron chi connectivity index (χ1n) is 7.16. The van der Waals surface area contributed by atoms with Gasteiger partial charge in [-0.2, -0.15) is 0 Å². The zero-order valence-electron chi connectivity index (χ0n) is 13.0. The van der Waals surface area contributed by atoms with Gasteiger partial charge >= 0.3 is 0 Å². The highest BCUT2D eigenvalue weighted by molar-refractivity contribution is 7.99. The zero-order valence-corrected chi connectivity index (χ0v) is 13.8. The van der Waals surface area contributed by atoms with Crippen LogP contribution in [0.5, 0.6) is 0 Å². The molecule has 0 bridgehead atoms. The Balaban J connectivity index is 2.05.